The summed E-state index contributed by atoms with van der Waals surface area (Å²) < 4.78 is 5.72. The summed E-state index contributed by atoms with van der Waals surface area (Å²) >= 11 is 0. The predicted octanol–water partition coefficient (Wildman–Crippen LogP) is 2.02. The molecule has 0 unspecified atom stereocenters. The molecule has 7 heteroatoms. The van der Waals surface area contributed by atoms with Gasteiger partial charge in [0, 0.05) is 5.56 Å². The summed E-state index contributed by atoms with van der Waals surface area (Å²) in [4.78, 5) is 16.2. The summed E-state index contributed by atoms with van der Waals surface area (Å²) in [5.74, 6) is 5.50. The number of carbonyl (C=O) groups is 1. The molecule has 0 saturated heterocycles. The van der Waals surface area contributed by atoms with Gasteiger partial charge in [-0.15, -0.1) is 10.2 Å². The lowest BCUT2D eigenvalue weighted by Gasteiger charge is -2.07. The average Bonchev–Trinajstić information content (AvgIpc) is 3.05. The molecule has 3 rings (SSSR count). The maximum absolute atomic E-state index is 11.8. The average molecular weight is 309 g/mol. The Morgan fingerprint density at radius 2 is 1.78 bits per heavy atom. The van der Waals surface area contributed by atoms with E-state index in [0.717, 1.165) is 5.56 Å². The molecule has 23 heavy (non-hydrogen) atoms. The van der Waals surface area contributed by atoms with E-state index in [1.807, 2.05) is 37.3 Å². The molecule has 2 aromatic heterocycles. The number of hydrogen-bond acceptors (Lipinski definition) is 6. The number of hydrazine groups is 1. The zero-order valence-corrected chi connectivity index (χ0v) is 12.7. The van der Waals surface area contributed by atoms with Crippen molar-refractivity contribution < 1.29 is 9.21 Å². The standard InChI is InChI=1S/C16H15N5O2/c1-9-12(14(22)19-17)8-13(10(2)18-9)16-21-20-15(23-16)11-6-4-3-5-7-11/h3-8H,17H2,1-2H3,(H,19,22). The number of aryl methyl sites for hydroxylation is 2. The fourth-order valence-electron chi connectivity index (χ4n) is 2.28. The van der Waals surface area contributed by atoms with Gasteiger partial charge in [-0.25, -0.2) is 5.84 Å². The summed E-state index contributed by atoms with van der Waals surface area (Å²) in [7, 11) is 0. The van der Waals surface area contributed by atoms with E-state index in [1.54, 1.807) is 13.0 Å². The van der Waals surface area contributed by atoms with E-state index in [0.29, 0.717) is 34.3 Å². The molecule has 3 N–H and O–H groups in total. The van der Waals surface area contributed by atoms with E-state index in [-0.39, 0.29) is 0 Å². The van der Waals surface area contributed by atoms with Crippen LogP contribution in [-0.4, -0.2) is 21.1 Å². The van der Waals surface area contributed by atoms with Crippen molar-refractivity contribution in [2.75, 3.05) is 0 Å². The third-order valence-corrected chi connectivity index (χ3v) is 3.46. The second kappa shape index (κ2) is 5.98. The lowest BCUT2D eigenvalue weighted by molar-refractivity contribution is 0.0952. The zero-order valence-electron chi connectivity index (χ0n) is 12.7. The van der Waals surface area contributed by atoms with Crippen molar-refractivity contribution in [3.05, 3.63) is 53.3 Å². The first-order chi connectivity index (χ1) is 11.1. The lowest BCUT2D eigenvalue weighted by atomic mass is 10.1. The third kappa shape index (κ3) is 2.82. The third-order valence-electron chi connectivity index (χ3n) is 3.46. The Hall–Kier alpha value is -3.06. The molecule has 0 bridgehead atoms. The first-order valence-electron chi connectivity index (χ1n) is 6.98. The molecule has 1 amide bonds. The van der Waals surface area contributed by atoms with Crippen LogP contribution in [0.1, 0.15) is 21.7 Å². The van der Waals surface area contributed by atoms with Crippen LogP contribution in [0.25, 0.3) is 22.9 Å². The van der Waals surface area contributed by atoms with Crippen molar-refractivity contribution in [1.29, 1.82) is 0 Å². The largest absolute Gasteiger partial charge is 0.416 e. The van der Waals surface area contributed by atoms with Crippen LogP contribution in [0.15, 0.2) is 40.8 Å². The van der Waals surface area contributed by atoms with Gasteiger partial charge in [0.1, 0.15) is 0 Å². The molecule has 0 aliphatic carbocycles. The quantitative estimate of drug-likeness (QED) is 0.435. The minimum Gasteiger partial charge on any atom is -0.416 e. The van der Waals surface area contributed by atoms with Gasteiger partial charge in [0.2, 0.25) is 11.8 Å². The topological polar surface area (TPSA) is 107 Å². The van der Waals surface area contributed by atoms with Gasteiger partial charge in [-0.05, 0) is 32.0 Å². The van der Waals surface area contributed by atoms with Gasteiger partial charge in [0.15, 0.2) is 0 Å². The van der Waals surface area contributed by atoms with Crippen LogP contribution in [0.2, 0.25) is 0 Å². The van der Waals surface area contributed by atoms with Crippen molar-refractivity contribution in [2.24, 2.45) is 5.84 Å². The highest BCUT2D eigenvalue weighted by atomic mass is 16.4. The molecule has 0 spiro atoms. The van der Waals surface area contributed by atoms with Gasteiger partial charge in [0.25, 0.3) is 5.91 Å². The Labute approximate surface area is 132 Å². The molecule has 3 aromatic rings. The number of nitrogen functional groups attached to an aromatic ring is 1. The number of benzene rings is 1. The maximum atomic E-state index is 11.8. The Balaban J connectivity index is 2.06. The monoisotopic (exact) mass is 309 g/mol. The van der Waals surface area contributed by atoms with E-state index in [2.05, 4.69) is 20.6 Å². The second-order valence-corrected chi connectivity index (χ2v) is 5.01. The fraction of sp³-hybridized carbons (Fsp3) is 0.125. The molecular formula is C16H15N5O2. The number of nitrogens with zero attached hydrogens (tertiary/aromatic N) is 3. The number of hydrogen-bond donors (Lipinski definition) is 2. The van der Waals surface area contributed by atoms with E-state index >= 15 is 0 Å². The summed E-state index contributed by atoms with van der Waals surface area (Å²) in [6.07, 6.45) is 0. The Morgan fingerprint density at radius 1 is 1.09 bits per heavy atom. The molecule has 1 aromatic carbocycles. The normalized spacial score (nSPS) is 10.6. The number of nitrogens with one attached hydrogen (secondary N) is 1. The highest BCUT2D eigenvalue weighted by Crippen LogP contribution is 2.26. The van der Waals surface area contributed by atoms with Crippen molar-refractivity contribution in [2.45, 2.75) is 13.8 Å². The summed E-state index contributed by atoms with van der Waals surface area (Å²) in [6.45, 7) is 3.56. The number of carbonyl (C=O) groups excluding carboxylic acids is 1. The van der Waals surface area contributed by atoms with Crippen molar-refractivity contribution >= 4 is 5.91 Å². The first kappa shape index (κ1) is 14.9. The molecule has 0 aliphatic rings. The van der Waals surface area contributed by atoms with Gasteiger partial charge in [-0.2, -0.15) is 0 Å². The van der Waals surface area contributed by atoms with Gasteiger partial charge in [-0.3, -0.25) is 15.2 Å². The second-order valence-electron chi connectivity index (χ2n) is 5.01. The van der Waals surface area contributed by atoms with E-state index in [1.165, 1.54) is 0 Å². The Kier molecular flexibility index (Phi) is 3.86. The molecule has 0 radical (unpaired) electrons. The molecule has 7 nitrogen and oxygen atoms in total. The van der Waals surface area contributed by atoms with Crippen molar-refractivity contribution in [3.8, 4) is 22.9 Å². The van der Waals surface area contributed by atoms with Crippen LogP contribution >= 0.6 is 0 Å². The van der Waals surface area contributed by atoms with Crippen molar-refractivity contribution in [3.63, 3.8) is 0 Å². The smallest absolute Gasteiger partial charge is 0.267 e. The maximum Gasteiger partial charge on any atom is 0.267 e. The minimum absolute atomic E-state index is 0.305. The molecule has 0 atom stereocenters. The Morgan fingerprint density at radius 3 is 2.48 bits per heavy atom. The fourth-order valence-corrected chi connectivity index (χ4v) is 2.28. The summed E-state index contributed by atoms with van der Waals surface area (Å²) in [6, 6.07) is 11.1. The summed E-state index contributed by atoms with van der Waals surface area (Å²) in [5, 5.41) is 8.11. The van der Waals surface area contributed by atoms with E-state index in [9.17, 15) is 4.79 Å². The molecular weight excluding hydrogens is 294 g/mol. The molecule has 0 fully saturated rings. The number of nitrogens with two attached hydrogens (primary N) is 1. The summed E-state index contributed by atoms with van der Waals surface area (Å²) in [5.41, 5.74) is 5.17. The van der Waals surface area contributed by atoms with Crippen LogP contribution in [0.4, 0.5) is 0 Å². The van der Waals surface area contributed by atoms with Crippen molar-refractivity contribution in [1.82, 2.24) is 20.6 Å². The molecule has 2 heterocycles. The van der Waals surface area contributed by atoms with E-state index in [4.69, 9.17) is 10.3 Å². The predicted molar refractivity (Wildman–Crippen MR) is 84.1 cm³/mol. The van der Waals surface area contributed by atoms with Gasteiger partial charge in [-0.1, -0.05) is 18.2 Å². The van der Waals surface area contributed by atoms with Crippen LogP contribution in [-0.2, 0) is 0 Å². The van der Waals surface area contributed by atoms with E-state index < -0.39 is 5.91 Å². The minimum atomic E-state index is -0.418. The molecule has 0 saturated carbocycles. The van der Waals surface area contributed by atoms with Crippen LogP contribution in [0.5, 0.6) is 0 Å². The van der Waals surface area contributed by atoms with Gasteiger partial charge >= 0.3 is 0 Å². The molecule has 0 aliphatic heterocycles. The molecule has 116 valence electrons. The number of amides is 1. The van der Waals surface area contributed by atoms with Gasteiger partial charge < -0.3 is 4.42 Å². The van der Waals surface area contributed by atoms with Gasteiger partial charge in [0.05, 0.1) is 22.5 Å². The van der Waals surface area contributed by atoms with Crippen LogP contribution in [0.3, 0.4) is 0 Å². The number of rotatable bonds is 3. The van der Waals surface area contributed by atoms with Crippen LogP contribution < -0.4 is 11.3 Å². The number of aromatic nitrogens is 3. The number of pyridine rings is 1. The highest BCUT2D eigenvalue weighted by molar-refractivity contribution is 5.95. The first-order valence-corrected chi connectivity index (χ1v) is 6.98. The SMILES string of the molecule is Cc1nc(C)c(-c2nnc(-c3ccccc3)o2)cc1C(=O)NN. The highest BCUT2D eigenvalue weighted by Gasteiger charge is 2.18. The van der Waals surface area contributed by atoms with Crippen LogP contribution in [0, 0.1) is 13.8 Å². The zero-order chi connectivity index (χ0) is 16.4. The Bertz CT molecular complexity index is 858. The lowest BCUT2D eigenvalue weighted by Crippen LogP contribution is -2.30.